The molecule has 3 nitrogen and oxygen atoms in total. The lowest BCUT2D eigenvalue weighted by atomic mass is 9.88. The van der Waals surface area contributed by atoms with Crippen molar-refractivity contribution in [3.05, 3.63) is 35.4 Å². The van der Waals surface area contributed by atoms with Gasteiger partial charge in [-0.05, 0) is 43.5 Å². The van der Waals surface area contributed by atoms with Gasteiger partial charge in [-0.3, -0.25) is 4.90 Å². The van der Waals surface area contributed by atoms with Gasteiger partial charge in [-0.15, -0.1) is 0 Å². The molecule has 1 fully saturated rings. The summed E-state index contributed by atoms with van der Waals surface area (Å²) in [6.07, 6.45) is 3.51. The van der Waals surface area contributed by atoms with Crippen LogP contribution in [0.4, 0.5) is 0 Å². The van der Waals surface area contributed by atoms with Crippen LogP contribution in [0.3, 0.4) is 0 Å². The smallest absolute Gasteiger partial charge is 0.0716 e. The summed E-state index contributed by atoms with van der Waals surface area (Å²) in [6.45, 7) is 5.19. The molecule has 0 saturated carbocycles. The molecule has 0 radical (unpaired) electrons. The summed E-state index contributed by atoms with van der Waals surface area (Å²) in [5.41, 5.74) is 9.04. The molecule has 3 heteroatoms. The van der Waals surface area contributed by atoms with Crippen LogP contribution in [0.15, 0.2) is 24.3 Å². The molecule has 1 heterocycles. The third kappa shape index (κ3) is 3.35. The summed E-state index contributed by atoms with van der Waals surface area (Å²) >= 11 is 0. The van der Waals surface area contributed by atoms with Crippen molar-refractivity contribution in [2.45, 2.75) is 44.9 Å². The van der Waals surface area contributed by atoms with Crippen LogP contribution in [-0.4, -0.2) is 31.1 Å². The number of methoxy groups -OCH3 is 1. The quantitative estimate of drug-likeness (QED) is 0.886. The van der Waals surface area contributed by atoms with Gasteiger partial charge in [0.25, 0.3) is 0 Å². The first-order valence-corrected chi connectivity index (χ1v) is 7.34. The van der Waals surface area contributed by atoms with Crippen molar-refractivity contribution in [2.24, 2.45) is 5.73 Å². The van der Waals surface area contributed by atoms with Crippen molar-refractivity contribution < 1.29 is 4.74 Å². The van der Waals surface area contributed by atoms with E-state index in [-0.39, 0.29) is 6.04 Å². The van der Waals surface area contributed by atoms with Crippen molar-refractivity contribution >= 4 is 0 Å². The predicted molar refractivity (Wildman–Crippen MR) is 79.0 cm³/mol. The van der Waals surface area contributed by atoms with Crippen molar-refractivity contribution in [3.8, 4) is 0 Å². The van der Waals surface area contributed by atoms with Crippen molar-refractivity contribution in [3.63, 3.8) is 0 Å². The fourth-order valence-corrected chi connectivity index (χ4v) is 3.17. The highest BCUT2D eigenvalue weighted by Crippen LogP contribution is 2.32. The molecular weight excluding hydrogens is 236 g/mol. The number of hydrogen-bond donors (Lipinski definition) is 1. The minimum absolute atomic E-state index is 0.235. The average molecular weight is 262 g/mol. The average Bonchev–Trinajstić information content (AvgIpc) is 2.41. The molecule has 0 spiro atoms. The number of nitrogens with two attached hydrogens (primary N) is 1. The van der Waals surface area contributed by atoms with Gasteiger partial charge in [-0.25, -0.2) is 0 Å². The normalized spacial score (nSPS) is 24.6. The Morgan fingerprint density at radius 2 is 2.16 bits per heavy atom. The first-order chi connectivity index (χ1) is 9.27. The molecule has 19 heavy (non-hydrogen) atoms. The topological polar surface area (TPSA) is 38.5 Å². The Kier molecular flexibility index (Phi) is 5.37. The van der Waals surface area contributed by atoms with Crippen molar-refractivity contribution in [1.82, 2.24) is 4.90 Å². The molecule has 106 valence electrons. The van der Waals surface area contributed by atoms with Crippen LogP contribution >= 0.6 is 0 Å². The Bertz CT molecular complexity index is 392. The third-order valence-corrected chi connectivity index (χ3v) is 3.97. The summed E-state index contributed by atoms with van der Waals surface area (Å²) in [5.74, 6) is 0. The van der Waals surface area contributed by atoms with E-state index >= 15 is 0 Å². The van der Waals surface area contributed by atoms with E-state index < -0.39 is 0 Å². The van der Waals surface area contributed by atoms with E-state index in [2.05, 4.69) is 36.1 Å². The van der Waals surface area contributed by atoms with E-state index in [1.54, 1.807) is 7.11 Å². The van der Waals surface area contributed by atoms with Gasteiger partial charge in [0, 0.05) is 13.2 Å². The second-order valence-corrected chi connectivity index (χ2v) is 5.42. The van der Waals surface area contributed by atoms with Crippen molar-refractivity contribution in [2.75, 3.05) is 20.2 Å². The van der Waals surface area contributed by atoms with Gasteiger partial charge in [0.15, 0.2) is 0 Å². The fraction of sp³-hybridized carbons (Fsp3) is 0.625. The van der Waals surface area contributed by atoms with E-state index in [4.69, 9.17) is 10.5 Å². The zero-order valence-corrected chi connectivity index (χ0v) is 12.1. The lowest BCUT2D eigenvalue weighted by molar-refractivity contribution is 0.124. The highest BCUT2D eigenvalue weighted by molar-refractivity contribution is 5.31. The summed E-state index contributed by atoms with van der Waals surface area (Å²) in [6, 6.07) is 9.14. The Hall–Kier alpha value is -0.900. The van der Waals surface area contributed by atoms with Gasteiger partial charge in [0.2, 0.25) is 0 Å². The predicted octanol–water partition coefficient (Wildman–Crippen LogP) is 2.71. The van der Waals surface area contributed by atoms with E-state index in [1.807, 2.05) is 0 Å². The number of hydrogen-bond acceptors (Lipinski definition) is 3. The minimum Gasteiger partial charge on any atom is -0.380 e. The Morgan fingerprint density at radius 3 is 2.89 bits per heavy atom. The van der Waals surface area contributed by atoms with Gasteiger partial charge in [-0.1, -0.05) is 31.2 Å². The van der Waals surface area contributed by atoms with Crippen LogP contribution in [-0.2, 0) is 11.3 Å². The number of likely N-dealkylation sites (tertiary alicyclic amines) is 1. The number of benzene rings is 1. The molecule has 1 saturated heterocycles. The maximum Gasteiger partial charge on any atom is 0.0716 e. The van der Waals surface area contributed by atoms with Crippen molar-refractivity contribution in [1.29, 1.82) is 0 Å². The van der Waals surface area contributed by atoms with Gasteiger partial charge in [0.1, 0.15) is 0 Å². The highest BCUT2D eigenvalue weighted by atomic mass is 16.5. The molecule has 1 aliphatic rings. The second kappa shape index (κ2) is 7.04. The molecular formula is C16H26N2O. The van der Waals surface area contributed by atoms with E-state index in [1.165, 1.54) is 24.0 Å². The van der Waals surface area contributed by atoms with E-state index in [0.29, 0.717) is 12.6 Å². The molecule has 2 rings (SSSR count). The Balaban J connectivity index is 2.29. The molecule has 0 bridgehead atoms. The van der Waals surface area contributed by atoms with Crippen LogP contribution in [0, 0.1) is 0 Å². The Morgan fingerprint density at radius 1 is 1.37 bits per heavy atom. The highest BCUT2D eigenvalue weighted by Gasteiger charge is 2.30. The number of rotatable bonds is 5. The molecule has 0 amide bonds. The SMILES string of the molecule is CCCN1CCCC(N)C1c1ccccc1COC. The first kappa shape index (κ1) is 14.5. The number of piperidine rings is 1. The molecule has 2 unspecified atom stereocenters. The molecule has 2 atom stereocenters. The van der Waals surface area contributed by atoms with Gasteiger partial charge >= 0.3 is 0 Å². The number of ether oxygens (including phenoxy) is 1. The first-order valence-electron chi connectivity index (χ1n) is 7.34. The lowest BCUT2D eigenvalue weighted by Gasteiger charge is -2.40. The van der Waals surface area contributed by atoms with Crippen LogP contribution < -0.4 is 5.73 Å². The monoisotopic (exact) mass is 262 g/mol. The van der Waals surface area contributed by atoms with Gasteiger partial charge in [-0.2, -0.15) is 0 Å². The third-order valence-electron chi connectivity index (χ3n) is 3.97. The van der Waals surface area contributed by atoms with Gasteiger partial charge in [0.05, 0.1) is 12.6 Å². The molecule has 0 aromatic heterocycles. The molecule has 0 aliphatic carbocycles. The van der Waals surface area contributed by atoms with Crippen LogP contribution in [0.25, 0.3) is 0 Å². The van der Waals surface area contributed by atoms with Crippen LogP contribution in [0.5, 0.6) is 0 Å². The number of nitrogens with zero attached hydrogens (tertiary/aromatic N) is 1. The molecule has 2 N–H and O–H groups in total. The fourth-order valence-electron chi connectivity index (χ4n) is 3.17. The van der Waals surface area contributed by atoms with Gasteiger partial charge < -0.3 is 10.5 Å². The maximum atomic E-state index is 6.41. The Labute approximate surface area is 116 Å². The van der Waals surface area contributed by atoms with Crippen LogP contribution in [0.1, 0.15) is 43.4 Å². The summed E-state index contributed by atoms with van der Waals surface area (Å²) in [4.78, 5) is 2.54. The second-order valence-electron chi connectivity index (χ2n) is 5.42. The van der Waals surface area contributed by atoms with E-state index in [0.717, 1.165) is 19.5 Å². The standard InChI is InChI=1S/C16H26N2O/c1-3-10-18-11-6-9-15(17)16(18)14-8-5-4-7-13(14)12-19-2/h4-5,7-8,15-16H,3,6,9-12,17H2,1-2H3. The summed E-state index contributed by atoms with van der Waals surface area (Å²) in [5, 5.41) is 0. The van der Waals surface area contributed by atoms with Crippen LogP contribution in [0.2, 0.25) is 0 Å². The largest absolute Gasteiger partial charge is 0.380 e. The maximum absolute atomic E-state index is 6.41. The minimum atomic E-state index is 0.235. The molecule has 1 aromatic carbocycles. The van der Waals surface area contributed by atoms with E-state index in [9.17, 15) is 0 Å². The summed E-state index contributed by atoms with van der Waals surface area (Å²) < 4.78 is 5.33. The zero-order chi connectivity index (χ0) is 13.7. The summed E-state index contributed by atoms with van der Waals surface area (Å²) in [7, 11) is 1.75. The molecule has 1 aromatic rings. The lowest BCUT2D eigenvalue weighted by Crippen LogP contribution is -2.46. The zero-order valence-electron chi connectivity index (χ0n) is 12.1. The molecule has 1 aliphatic heterocycles.